The Kier molecular flexibility index (Phi) is 7.25. The number of methoxy groups -OCH3 is 2. The number of rotatable bonds is 9. The number of hydrogen-bond donors (Lipinski definition) is 1. The first-order valence-corrected chi connectivity index (χ1v) is 13.0. The zero-order valence-corrected chi connectivity index (χ0v) is 21.6. The Morgan fingerprint density at radius 2 is 1.92 bits per heavy atom. The van der Waals surface area contributed by atoms with Crippen LogP contribution in [-0.4, -0.2) is 68.7 Å². The highest BCUT2D eigenvalue weighted by Gasteiger charge is 2.43. The van der Waals surface area contributed by atoms with Gasteiger partial charge in [0.25, 0.3) is 0 Å². The largest absolute Gasteiger partial charge is 0.493 e. The van der Waals surface area contributed by atoms with E-state index in [9.17, 15) is 4.79 Å². The van der Waals surface area contributed by atoms with E-state index in [-0.39, 0.29) is 5.91 Å². The summed E-state index contributed by atoms with van der Waals surface area (Å²) in [6.45, 7) is 9.86. The molecule has 2 fully saturated rings. The zero-order valence-electron chi connectivity index (χ0n) is 20.8. The summed E-state index contributed by atoms with van der Waals surface area (Å²) in [5, 5.41) is 4.28. The Labute approximate surface area is 216 Å². The molecule has 2 aliphatic rings. The number of fused-ring (bicyclic) bond motifs is 1. The zero-order chi connectivity index (χ0) is 25.1. The molecule has 7 nitrogen and oxygen atoms in total. The summed E-state index contributed by atoms with van der Waals surface area (Å²) in [7, 11) is 3.19. The van der Waals surface area contributed by atoms with Crippen molar-refractivity contribution in [3.05, 3.63) is 66.3 Å². The van der Waals surface area contributed by atoms with E-state index in [1.165, 1.54) is 15.7 Å². The van der Waals surface area contributed by atoms with E-state index in [1.54, 1.807) is 37.9 Å². The lowest BCUT2D eigenvalue weighted by atomic mass is 10.1. The van der Waals surface area contributed by atoms with Gasteiger partial charge in [-0.2, -0.15) is 4.37 Å². The van der Waals surface area contributed by atoms with Crippen molar-refractivity contribution >= 4 is 39.4 Å². The third-order valence-electron chi connectivity index (χ3n) is 7.16. The molecule has 1 aromatic heterocycles. The van der Waals surface area contributed by atoms with Crippen LogP contribution in [0.3, 0.4) is 0 Å². The number of benzene rings is 2. The van der Waals surface area contributed by atoms with Crippen LogP contribution in [0.25, 0.3) is 16.2 Å². The highest BCUT2D eigenvalue weighted by molar-refractivity contribution is 7.13. The van der Waals surface area contributed by atoms with Gasteiger partial charge in [-0.3, -0.25) is 9.69 Å². The highest BCUT2D eigenvalue weighted by atomic mass is 32.1. The van der Waals surface area contributed by atoms with Crippen LogP contribution in [0.4, 0.5) is 5.82 Å². The van der Waals surface area contributed by atoms with E-state index in [4.69, 9.17) is 13.8 Å². The third-order valence-corrected chi connectivity index (χ3v) is 7.98. The highest BCUT2D eigenvalue weighted by Crippen LogP contribution is 2.44. The number of ether oxygens (including phenoxy) is 2. The number of anilines is 1. The van der Waals surface area contributed by atoms with Gasteiger partial charge in [0, 0.05) is 68.1 Å². The van der Waals surface area contributed by atoms with Crippen LogP contribution in [-0.2, 0) is 4.79 Å². The molecule has 1 amide bonds. The van der Waals surface area contributed by atoms with Crippen molar-refractivity contribution in [3.8, 4) is 11.5 Å². The fourth-order valence-electron chi connectivity index (χ4n) is 4.96. The molecular weight excluding hydrogens is 472 g/mol. The quantitative estimate of drug-likeness (QED) is 0.350. The standard InChI is InChI=1S/C28H32N4O3S/c1-19-22(17-29-26(33)12-11-20-7-6-9-24(34-2)27(20)35-3)23(19)18-31-13-15-32(16-14-31)28-21-8-4-5-10-25(21)36-30-28/h4-12,22-23H,1,13-18H2,2-3H3,(H,29,33)/b12-11+/t22-,23-/m0/s1. The predicted octanol–water partition coefficient (Wildman–Crippen LogP) is 4.07. The van der Waals surface area contributed by atoms with E-state index in [2.05, 4.69) is 46.0 Å². The predicted molar refractivity (Wildman–Crippen MR) is 146 cm³/mol. The number of aromatic nitrogens is 1. The molecule has 188 valence electrons. The second-order valence-corrected chi connectivity index (χ2v) is 10.0. The molecule has 0 unspecified atom stereocenters. The Morgan fingerprint density at radius 1 is 1.11 bits per heavy atom. The first kappa shape index (κ1) is 24.3. The number of para-hydroxylation sites is 1. The van der Waals surface area contributed by atoms with Crippen LogP contribution < -0.4 is 19.7 Å². The Morgan fingerprint density at radius 3 is 2.69 bits per heavy atom. The lowest BCUT2D eigenvalue weighted by molar-refractivity contribution is -0.116. The minimum absolute atomic E-state index is 0.123. The van der Waals surface area contributed by atoms with Crippen LogP contribution in [0.1, 0.15) is 5.56 Å². The van der Waals surface area contributed by atoms with Crippen molar-refractivity contribution in [3.63, 3.8) is 0 Å². The van der Waals surface area contributed by atoms with Crippen LogP contribution in [0, 0.1) is 11.8 Å². The lowest BCUT2D eigenvalue weighted by Crippen LogP contribution is -2.47. The Balaban J connectivity index is 1.08. The van der Waals surface area contributed by atoms with E-state index >= 15 is 0 Å². The number of carbonyl (C=O) groups is 1. The van der Waals surface area contributed by atoms with Crippen molar-refractivity contribution in [2.75, 3.05) is 58.4 Å². The van der Waals surface area contributed by atoms with Crippen LogP contribution in [0.5, 0.6) is 11.5 Å². The van der Waals surface area contributed by atoms with E-state index in [1.807, 2.05) is 18.2 Å². The minimum atomic E-state index is -0.123. The van der Waals surface area contributed by atoms with Gasteiger partial charge in [0.2, 0.25) is 5.91 Å². The lowest BCUT2D eigenvalue weighted by Gasteiger charge is -2.35. The van der Waals surface area contributed by atoms with Gasteiger partial charge in [-0.05, 0) is 35.8 Å². The molecule has 0 spiro atoms. The molecule has 0 bridgehead atoms. The summed E-state index contributed by atoms with van der Waals surface area (Å²) < 4.78 is 16.7. The molecule has 1 aliphatic carbocycles. The first-order valence-electron chi connectivity index (χ1n) is 12.3. The summed E-state index contributed by atoms with van der Waals surface area (Å²) in [6.07, 6.45) is 3.29. The molecule has 5 rings (SSSR count). The molecule has 0 radical (unpaired) electrons. The second kappa shape index (κ2) is 10.7. The maximum Gasteiger partial charge on any atom is 0.244 e. The Bertz CT molecular complexity index is 1280. The maximum absolute atomic E-state index is 12.4. The number of nitrogens with zero attached hydrogens (tertiary/aromatic N) is 3. The molecule has 36 heavy (non-hydrogen) atoms. The van der Waals surface area contributed by atoms with Crippen LogP contribution >= 0.6 is 11.5 Å². The van der Waals surface area contributed by atoms with E-state index in [0.717, 1.165) is 44.1 Å². The van der Waals surface area contributed by atoms with Crippen LogP contribution in [0.15, 0.2) is 60.7 Å². The number of piperazine rings is 1. The number of nitrogens with one attached hydrogen (secondary N) is 1. The first-order chi connectivity index (χ1) is 17.6. The van der Waals surface area contributed by atoms with Gasteiger partial charge in [0.15, 0.2) is 11.5 Å². The molecule has 3 aromatic rings. The van der Waals surface area contributed by atoms with Gasteiger partial charge in [0.1, 0.15) is 5.82 Å². The topological polar surface area (TPSA) is 66.9 Å². The summed E-state index contributed by atoms with van der Waals surface area (Å²) in [5.41, 5.74) is 2.03. The van der Waals surface area contributed by atoms with Gasteiger partial charge in [-0.1, -0.05) is 36.4 Å². The van der Waals surface area contributed by atoms with Crippen LogP contribution in [0.2, 0.25) is 0 Å². The fourth-order valence-corrected chi connectivity index (χ4v) is 5.76. The normalized spacial score (nSPS) is 20.2. The second-order valence-electron chi connectivity index (χ2n) is 9.24. The van der Waals surface area contributed by atoms with Crippen molar-refractivity contribution in [2.24, 2.45) is 11.8 Å². The van der Waals surface area contributed by atoms with Crippen molar-refractivity contribution in [2.45, 2.75) is 0 Å². The molecular formula is C28H32N4O3S. The molecule has 1 saturated heterocycles. The number of amides is 1. The van der Waals surface area contributed by atoms with E-state index < -0.39 is 0 Å². The average molecular weight is 505 g/mol. The molecule has 1 N–H and O–H groups in total. The van der Waals surface area contributed by atoms with Crippen molar-refractivity contribution in [1.82, 2.24) is 14.6 Å². The van der Waals surface area contributed by atoms with Gasteiger partial charge in [0.05, 0.1) is 18.9 Å². The van der Waals surface area contributed by atoms with Crippen molar-refractivity contribution < 1.29 is 14.3 Å². The number of hydrogen-bond acceptors (Lipinski definition) is 7. The smallest absolute Gasteiger partial charge is 0.244 e. The fraction of sp³-hybridized carbons (Fsp3) is 0.357. The summed E-state index contributed by atoms with van der Waals surface area (Å²) in [4.78, 5) is 17.3. The molecule has 8 heteroatoms. The monoisotopic (exact) mass is 504 g/mol. The maximum atomic E-state index is 12.4. The van der Waals surface area contributed by atoms with Gasteiger partial charge >= 0.3 is 0 Å². The van der Waals surface area contributed by atoms with Gasteiger partial charge < -0.3 is 19.7 Å². The van der Waals surface area contributed by atoms with Crippen molar-refractivity contribution in [1.29, 1.82) is 0 Å². The summed E-state index contributed by atoms with van der Waals surface area (Å²) >= 11 is 1.57. The molecule has 1 saturated carbocycles. The SMILES string of the molecule is C=C1[C@H](CNC(=O)/C=C/c2cccc(OC)c2OC)[C@H]1CN1CCN(c2nsc3ccccc23)CC1. The Hall–Kier alpha value is -3.36. The molecule has 2 atom stereocenters. The summed E-state index contributed by atoms with van der Waals surface area (Å²) in [6, 6.07) is 14.0. The van der Waals surface area contributed by atoms with Gasteiger partial charge in [-0.25, -0.2) is 0 Å². The molecule has 2 aromatic carbocycles. The number of carbonyl (C=O) groups excluding carboxylic acids is 1. The minimum Gasteiger partial charge on any atom is -0.493 e. The third kappa shape index (κ3) is 5.10. The molecule has 2 heterocycles. The molecule has 1 aliphatic heterocycles. The van der Waals surface area contributed by atoms with Gasteiger partial charge in [-0.15, -0.1) is 0 Å². The average Bonchev–Trinajstić information content (AvgIpc) is 3.31. The van der Waals surface area contributed by atoms with E-state index in [0.29, 0.717) is 29.9 Å². The summed E-state index contributed by atoms with van der Waals surface area (Å²) in [5.74, 6) is 3.03.